The first kappa shape index (κ1) is 49.0. The van der Waals surface area contributed by atoms with E-state index in [1.165, 1.54) is 25.7 Å². The lowest BCUT2D eigenvalue weighted by Gasteiger charge is -2.15. The van der Waals surface area contributed by atoms with Crippen LogP contribution in [-0.4, -0.2) is 71.0 Å². The second-order valence-corrected chi connectivity index (χ2v) is 13.8. The summed E-state index contributed by atoms with van der Waals surface area (Å²) in [6.07, 6.45) is 39.7. The van der Waals surface area contributed by atoms with E-state index in [1.807, 2.05) is 0 Å². The van der Waals surface area contributed by atoms with Gasteiger partial charge in [-0.25, -0.2) is 9.59 Å². The lowest BCUT2D eigenvalue weighted by atomic mass is 10.1. The Bertz CT molecular complexity index is 981. The van der Waals surface area contributed by atoms with Gasteiger partial charge < -0.3 is 30.7 Å². The number of ether oxygens (including phenoxy) is 1. The molecule has 2 atom stereocenters. The molecule has 5 N–H and O–H groups in total. The van der Waals surface area contributed by atoms with E-state index in [1.54, 1.807) is 0 Å². The van der Waals surface area contributed by atoms with E-state index in [0.29, 0.717) is 19.4 Å². The molecule has 0 heterocycles. The van der Waals surface area contributed by atoms with Crippen LogP contribution in [0.1, 0.15) is 174 Å². The summed E-state index contributed by atoms with van der Waals surface area (Å²) in [7, 11) is 0. The van der Waals surface area contributed by atoms with Crippen molar-refractivity contribution in [1.82, 2.24) is 10.6 Å². The molecule has 0 aliphatic carbocycles. The molecule has 0 aliphatic rings. The van der Waals surface area contributed by atoms with Crippen LogP contribution in [0.15, 0.2) is 36.5 Å². The molecule has 0 aromatic rings. The highest BCUT2D eigenvalue weighted by Gasteiger charge is 2.21. The quantitative estimate of drug-likeness (QED) is 0.0242. The molecule has 0 saturated carbocycles. The first-order valence-corrected chi connectivity index (χ1v) is 20.5. The van der Waals surface area contributed by atoms with Gasteiger partial charge in [0.15, 0.2) is 6.04 Å². The molecule has 0 spiro atoms. The van der Waals surface area contributed by atoms with E-state index in [-0.39, 0.29) is 18.2 Å². The van der Waals surface area contributed by atoms with Gasteiger partial charge in [-0.3, -0.25) is 9.59 Å². The fourth-order valence-corrected chi connectivity index (χ4v) is 5.65. The maximum atomic E-state index is 12.3. The Labute approximate surface area is 315 Å². The Hall–Kier alpha value is -2.98. The fourth-order valence-electron chi connectivity index (χ4n) is 5.65. The molecule has 0 aliphatic heterocycles. The van der Waals surface area contributed by atoms with Gasteiger partial charge in [0.05, 0.1) is 19.8 Å². The summed E-state index contributed by atoms with van der Waals surface area (Å²) in [5, 5.41) is 32.3. The molecule has 0 fully saturated rings. The molecule has 0 rings (SSSR count). The number of aliphatic hydroxyl groups is 2. The summed E-state index contributed by atoms with van der Waals surface area (Å²) in [4.78, 5) is 47.1. The van der Waals surface area contributed by atoms with E-state index in [4.69, 9.17) is 14.9 Å². The highest BCUT2D eigenvalue weighted by molar-refractivity contribution is 5.84. The first-order chi connectivity index (χ1) is 25.3. The van der Waals surface area contributed by atoms with Crippen LogP contribution in [0.25, 0.3) is 0 Å². The second kappa shape index (κ2) is 37.8. The summed E-state index contributed by atoms with van der Waals surface area (Å²) in [6, 6.07) is -2.23. The third-order valence-electron chi connectivity index (χ3n) is 8.92. The van der Waals surface area contributed by atoms with Gasteiger partial charge in [0.25, 0.3) is 0 Å². The molecule has 0 bridgehead atoms. The largest absolute Gasteiger partial charge is 0.480 e. The zero-order valence-electron chi connectivity index (χ0n) is 32.5. The molecule has 10 heteroatoms. The molecule has 300 valence electrons. The Balaban J connectivity index is 3.63. The van der Waals surface area contributed by atoms with Crippen LogP contribution in [0, 0.1) is 0 Å². The number of carboxylic acid groups (broad SMARTS) is 1. The van der Waals surface area contributed by atoms with E-state index < -0.39 is 37.2 Å². The summed E-state index contributed by atoms with van der Waals surface area (Å²) in [6.45, 7) is 1.45. The van der Waals surface area contributed by atoms with Crippen LogP contribution in [0.5, 0.6) is 0 Å². The molecular weight excluding hydrogens is 660 g/mol. The minimum atomic E-state index is -1.23. The maximum absolute atomic E-state index is 12.3. The topological polar surface area (TPSA) is 162 Å². The third kappa shape index (κ3) is 32.9. The van der Waals surface area contributed by atoms with Crippen molar-refractivity contribution in [3.8, 4) is 0 Å². The molecule has 0 aromatic carbocycles. The number of hydrogen-bond acceptors (Lipinski definition) is 7. The molecule has 0 radical (unpaired) electrons. The van der Waals surface area contributed by atoms with Crippen LogP contribution in [0.4, 0.5) is 0 Å². The molecular formula is C42H74N2O8. The molecule has 0 aromatic heterocycles. The average Bonchev–Trinajstić information content (AvgIpc) is 3.13. The molecule has 10 nitrogen and oxygen atoms in total. The highest BCUT2D eigenvalue weighted by Crippen LogP contribution is 2.11. The SMILES string of the molecule is CCCCCC=CCC=CCCCCCCCC(=O)NC(CO)C(=O)OCCCCCCCCC=CCCCCCCCC(=O)NC(CO)C(=O)O. The fraction of sp³-hybridized carbons (Fsp3) is 0.762. The Morgan fingerprint density at radius 2 is 0.904 bits per heavy atom. The van der Waals surface area contributed by atoms with Gasteiger partial charge in [0.2, 0.25) is 11.8 Å². The number of aliphatic carboxylic acids is 1. The number of unbranched alkanes of at least 4 members (excludes halogenated alkanes) is 19. The number of esters is 1. The number of rotatable bonds is 37. The molecule has 0 saturated heterocycles. The summed E-state index contributed by atoms with van der Waals surface area (Å²) in [5.74, 6) is -2.35. The van der Waals surface area contributed by atoms with E-state index in [0.717, 1.165) is 122 Å². The van der Waals surface area contributed by atoms with E-state index in [9.17, 15) is 24.3 Å². The van der Waals surface area contributed by atoms with Gasteiger partial charge in [0.1, 0.15) is 6.04 Å². The number of nitrogens with one attached hydrogen (secondary N) is 2. The van der Waals surface area contributed by atoms with Crippen molar-refractivity contribution in [2.45, 2.75) is 186 Å². The Morgan fingerprint density at radius 3 is 1.35 bits per heavy atom. The first-order valence-electron chi connectivity index (χ1n) is 20.5. The van der Waals surface area contributed by atoms with E-state index in [2.05, 4.69) is 54.0 Å². The van der Waals surface area contributed by atoms with Crippen molar-refractivity contribution in [2.24, 2.45) is 0 Å². The normalized spacial score (nSPS) is 12.8. The van der Waals surface area contributed by atoms with Crippen molar-refractivity contribution in [2.75, 3.05) is 19.8 Å². The predicted octanol–water partition coefficient (Wildman–Crippen LogP) is 8.40. The van der Waals surface area contributed by atoms with Crippen LogP contribution in [0.2, 0.25) is 0 Å². The predicted molar refractivity (Wildman–Crippen MR) is 210 cm³/mol. The lowest BCUT2D eigenvalue weighted by molar-refractivity contribution is -0.149. The number of carboxylic acids is 1. The van der Waals surface area contributed by atoms with Gasteiger partial charge in [-0.15, -0.1) is 0 Å². The molecule has 52 heavy (non-hydrogen) atoms. The summed E-state index contributed by atoms with van der Waals surface area (Å²) >= 11 is 0. The summed E-state index contributed by atoms with van der Waals surface area (Å²) < 4.78 is 5.31. The smallest absolute Gasteiger partial charge is 0.331 e. The Kier molecular flexibility index (Phi) is 35.6. The zero-order valence-corrected chi connectivity index (χ0v) is 32.5. The number of hydrogen-bond donors (Lipinski definition) is 5. The second-order valence-electron chi connectivity index (χ2n) is 13.8. The van der Waals surface area contributed by atoms with E-state index >= 15 is 0 Å². The van der Waals surface area contributed by atoms with Crippen LogP contribution < -0.4 is 10.6 Å². The van der Waals surface area contributed by atoms with Crippen molar-refractivity contribution < 1.29 is 39.2 Å². The zero-order chi connectivity index (χ0) is 38.3. The monoisotopic (exact) mass is 735 g/mol. The van der Waals surface area contributed by atoms with Crippen LogP contribution in [0.3, 0.4) is 0 Å². The minimum absolute atomic E-state index is 0.219. The van der Waals surface area contributed by atoms with Gasteiger partial charge in [-0.1, -0.05) is 120 Å². The minimum Gasteiger partial charge on any atom is -0.480 e. The number of carbonyl (C=O) groups excluding carboxylic acids is 3. The molecule has 2 unspecified atom stereocenters. The lowest BCUT2D eigenvalue weighted by Crippen LogP contribution is -2.44. The Morgan fingerprint density at radius 1 is 0.519 bits per heavy atom. The van der Waals surface area contributed by atoms with Crippen molar-refractivity contribution in [3.63, 3.8) is 0 Å². The molecule has 2 amide bonds. The number of amides is 2. The van der Waals surface area contributed by atoms with Crippen molar-refractivity contribution in [3.05, 3.63) is 36.5 Å². The van der Waals surface area contributed by atoms with Gasteiger partial charge in [-0.2, -0.15) is 0 Å². The number of allylic oxidation sites excluding steroid dienone is 6. The van der Waals surface area contributed by atoms with Gasteiger partial charge in [0, 0.05) is 12.8 Å². The third-order valence-corrected chi connectivity index (χ3v) is 8.92. The number of aliphatic hydroxyl groups excluding tert-OH is 2. The van der Waals surface area contributed by atoms with Crippen LogP contribution >= 0.6 is 0 Å². The van der Waals surface area contributed by atoms with Crippen molar-refractivity contribution >= 4 is 23.8 Å². The maximum Gasteiger partial charge on any atom is 0.331 e. The van der Waals surface area contributed by atoms with Gasteiger partial charge in [-0.05, 0) is 77.0 Å². The summed E-state index contributed by atoms with van der Waals surface area (Å²) in [5.41, 5.74) is 0. The standard InChI is InChI=1S/C42H74N2O8/c1-2-3-4-5-6-7-8-9-11-14-18-21-24-27-30-33-40(48)44-38(36-46)42(51)52-34-31-28-25-22-19-16-13-10-12-15-17-20-23-26-29-32-39(47)43-37(35-45)41(49)50/h6-7,9-12,37-38,45-46H,2-5,8,13-36H2,1H3,(H,43,47)(H,44,48)(H,49,50). The number of carbonyl (C=O) groups is 4. The average molecular weight is 735 g/mol. The van der Waals surface area contributed by atoms with Gasteiger partial charge >= 0.3 is 11.9 Å². The highest BCUT2D eigenvalue weighted by atomic mass is 16.5. The van der Waals surface area contributed by atoms with Crippen molar-refractivity contribution in [1.29, 1.82) is 0 Å². The van der Waals surface area contributed by atoms with Crippen LogP contribution in [-0.2, 0) is 23.9 Å².